The van der Waals surface area contributed by atoms with Gasteiger partial charge in [0, 0.05) is 53.9 Å². The quantitative estimate of drug-likeness (QED) is 0.647. The van der Waals surface area contributed by atoms with E-state index < -0.39 is 0 Å². The van der Waals surface area contributed by atoms with E-state index in [1.54, 1.807) is 24.0 Å². The number of hydrogen-bond donors (Lipinski definition) is 1. The number of nitrogens with one attached hydrogen (secondary N) is 1. The van der Waals surface area contributed by atoms with Gasteiger partial charge in [0.25, 0.3) is 0 Å². The van der Waals surface area contributed by atoms with Crippen molar-refractivity contribution in [2.75, 3.05) is 18.4 Å². The average molecular weight is 441 g/mol. The van der Waals surface area contributed by atoms with E-state index in [1.165, 1.54) is 23.5 Å². The van der Waals surface area contributed by atoms with E-state index in [9.17, 15) is 14.0 Å². The Balaban J connectivity index is 1.48. The van der Waals surface area contributed by atoms with Gasteiger partial charge < -0.3 is 14.8 Å². The van der Waals surface area contributed by atoms with Crippen molar-refractivity contribution in [3.8, 4) is 16.9 Å². The molecule has 1 aromatic carbocycles. The molecule has 6 nitrogen and oxygen atoms in total. The zero-order chi connectivity index (χ0) is 22.1. The Labute approximate surface area is 184 Å². The molecule has 0 saturated carbocycles. The lowest BCUT2D eigenvalue weighted by molar-refractivity contribution is -0.132. The summed E-state index contributed by atoms with van der Waals surface area (Å²) in [5.74, 6) is -0.354. The molecule has 1 fully saturated rings. The Hall–Kier alpha value is -3.00. The average Bonchev–Trinajstić information content (AvgIpc) is 3.32. The van der Waals surface area contributed by atoms with Crippen LogP contribution in [0, 0.1) is 25.6 Å². The van der Waals surface area contributed by atoms with Crippen LogP contribution < -0.4 is 5.32 Å². The summed E-state index contributed by atoms with van der Waals surface area (Å²) in [6.07, 6.45) is 1.34. The first-order valence-corrected chi connectivity index (χ1v) is 11.2. The molecule has 1 saturated heterocycles. The normalized spacial score (nSPS) is 14.6. The van der Waals surface area contributed by atoms with Gasteiger partial charge in [-0.15, -0.1) is 11.3 Å². The molecule has 1 aliphatic rings. The monoisotopic (exact) mass is 440 g/mol. The van der Waals surface area contributed by atoms with Gasteiger partial charge in [0.1, 0.15) is 5.82 Å². The molecule has 4 rings (SSSR count). The number of aromatic nitrogens is 2. The number of benzene rings is 1. The number of piperidine rings is 1. The summed E-state index contributed by atoms with van der Waals surface area (Å²) in [5.41, 5.74) is 4.70. The number of carbonyl (C=O) groups excluding carboxylic acids is 2. The number of thiazole rings is 1. The van der Waals surface area contributed by atoms with Crippen molar-refractivity contribution in [2.24, 2.45) is 5.92 Å². The van der Waals surface area contributed by atoms with E-state index in [0.717, 1.165) is 28.3 Å². The van der Waals surface area contributed by atoms with Crippen LogP contribution in [0.2, 0.25) is 0 Å². The molecule has 162 valence electrons. The lowest BCUT2D eigenvalue weighted by Gasteiger charge is -2.30. The molecule has 0 bridgehead atoms. The van der Waals surface area contributed by atoms with Gasteiger partial charge in [-0.3, -0.25) is 9.59 Å². The molecule has 0 aliphatic carbocycles. The maximum atomic E-state index is 13.3. The molecule has 3 heterocycles. The van der Waals surface area contributed by atoms with Crippen molar-refractivity contribution >= 4 is 28.3 Å². The third-order valence-corrected chi connectivity index (χ3v) is 6.60. The second-order valence-corrected chi connectivity index (χ2v) is 8.76. The minimum absolute atomic E-state index is 0.0408. The predicted molar refractivity (Wildman–Crippen MR) is 120 cm³/mol. The molecule has 1 N–H and O–H groups in total. The van der Waals surface area contributed by atoms with Crippen LogP contribution in [0.15, 0.2) is 35.7 Å². The van der Waals surface area contributed by atoms with Crippen molar-refractivity contribution in [2.45, 2.75) is 33.6 Å². The number of carbonyl (C=O) groups is 2. The fourth-order valence-corrected chi connectivity index (χ4v) is 4.84. The minimum Gasteiger partial charge on any atom is -0.343 e. The molecule has 2 amide bonds. The highest BCUT2D eigenvalue weighted by Crippen LogP contribution is 2.32. The minimum atomic E-state index is -0.265. The van der Waals surface area contributed by atoms with E-state index in [4.69, 9.17) is 0 Å². The van der Waals surface area contributed by atoms with Crippen LogP contribution in [0.3, 0.4) is 0 Å². The molecule has 8 heteroatoms. The van der Waals surface area contributed by atoms with Crippen molar-refractivity contribution in [3.63, 3.8) is 0 Å². The Morgan fingerprint density at radius 3 is 2.48 bits per heavy atom. The fraction of sp³-hybridized carbons (Fsp3) is 0.348. The lowest BCUT2D eigenvalue weighted by atomic mass is 9.96. The van der Waals surface area contributed by atoms with Gasteiger partial charge in [-0.1, -0.05) is 0 Å². The first kappa shape index (κ1) is 21.2. The largest absolute Gasteiger partial charge is 0.343 e. The number of halogens is 1. The molecule has 0 radical (unpaired) electrons. The highest BCUT2D eigenvalue weighted by molar-refractivity contribution is 7.14. The summed E-state index contributed by atoms with van der Waals surface area (Å²) < 4.78 is 15.4. The number of amides is 2. The number of hydrogen-bond acceptors (Lipinski definition) is 4. The van der Waals surface area contributed by atoms with Crippen LogP contribution in [0.4, 0.5) is 9.52 Å². The molecular formula is C23H25FN4O2S. The summed E-state index contributed by atoms with van der Waals surface area (Å²) in [6.45, 7) is 6.80. The van der Waals surface area contributed by atoms with Crippen LogP contribution in [0.5, 0.6) is 0 Å². The number of likely N-dealkylation sites (tertiary alicyclic amines) is 1. The molecular weight excluding hydrogens is 415 g/mol. The van der Waals surface area contributed by atoms with E-state index in [2.05, 4.69) is 20.9 Å². The number of anilines is 1. The maximum Gasteiger partial charge on any atom is 0.229 e. The molecule has 0 spiro atoms. The molecule has 0 atom stereocenters. The third kappa shape index (κ3) is 4.39. The smallest absolute Gasteiger partial charge is 0.229 e. The van der Waals surface area contributed by atoms with Crippen LogP contribution in [0.1, 0.15) is 31.2 Å². The summed E-state index contributed by atoms with van der Waals surface area (Å²) in [6, 6.07) is 8.46. The molecule has 0 unspecified atom stereocenters. The predicted octanol–water partition coefficient (Wildman–Crippen LogP) is 4.55. The molecule has 31 heavy (non-hydrogen) atoms. The molecule has 3 aromatic rings. The number of rotatable bonds is 4. The van der Waals surface area contributed by atoms with Crippen LogP contribution in [-0.2, 0) is 9.59 Å². The summed E-state index contributed by atoms with van der Waals surface area (Å²) >= 11 is 1.40. The van der Waals surface area contributed by atoms with E-state index in [-0.39, 0.29) is 23.5 Å². The second kappa shape index (κ2) is 8.63. The van der Waals surface area contributed by atoms with Crippen molar-refractivity contribution in [1.29, 1.82) is 0 Å². The summed E-state index contributed by atoms with van der Waals surface area (Å²) in [5, 5.41) is 5.45. The van der Waals surface area contributed by atoms with Gasteiger partial charge in [0.15, 0.2) is 5.13 Å². The number of nitrogens with zero attached hydrogens (tertiary/aromatic N) is 3. The van der Waals surface area contributed by atoms with Crippen LogP contribution in [0.25, 0.3) is 16.9 Å². The summed E-state index contributed by atoms with van der Waals surface area (Å²) in [4.78, 5) is 30.5. The topological polar surface area (TPSA) is 67.2 Å². The maximum absolute atomic E-state index is 13.3. The standard InChI is InChI=1S/C23H25FN4O2S/c1-14-12-20(15(2)28(14)19-6-4-18(24)5-7-19)21-13-31-23(25-21)26-22(30)17-8-10-27(11-9-17)16(3)29/h4-7,12-13,17H,8-11H2,1-3H3,(H,25,26,30). The first-order valence-electron chi connectivity index (χ1n) is 10.3. The zero-order valence-electron chi connectivity index (χ0n) is 17.8. The summed E-state index contributed by atoms with van der Waals surface area (Å²) in [7, 11) is 0. The van der Waals surface area contributed by atoms with Crippen molar-refractivity contribution in [1.82, 2.24) is 14.5 Å². The highest BCUT2D eigenvalue weighted by Gasteiger charge is 2.26. The zero-order valence-corrected chi connectivity index (χ0v) is 18.6. The molecule has 1 aliphatic heterocycles. The van der Waals surface area contributed by atoms with Gasteiger partial charge in [-0.25, -0.2) is 9.37 Å². The fourth-order valence-electron chi connectivity index (χ4n) is 4.13. The van der Waals surface area contributed by atoms with Gasteiger partial charge in [-0.05, 0) is 57.0 Å². The van der Waals surface area contributed by atoms with E-state index in [1.807, 2.05) is 19.2 Å². The van der Waals surface area contributed by atoms with E-state index in [0.29, 0.717) is 31.1 Å². The Morgan fingerprint density at radius 1 is 1.16 bits per heavy atom. The highest BCUT2D eigenvalue weighted by atomic mass is 32.1. The van der Waals surface area contributed by atoms with Gasteiger partial charge in [0.2, 0.25) is 11.8 Å². The Morgan fingerprint density at radius 2 is 1.84 bits per heavy atom. The van der Waals surface area contributed by atoms with Gasteiger partial charge >= 0.3 is 0 Å². The lowest BCUT2D eigenvalue weighted by Crippen LogP contribution is -2.40. The van der Waals surface area contributed by atoms with Crippen LogP contribution >= 0.6 is 11.3 Å². The SMILES string of the molecule is CC(=O)N1CCC(C(=O)Nc2nc(-c3cc(C)n(-c4ccc(F)cc4)c3C)cs2)CC1. The van der Waals surface area contributed by atoms with Crippen molar-refractivity contribution < 1.29 is 14.0 Å². The first-order chi connectivity index (χ1) is 14.8. The van der Waals surface area contributed by atoms with Gasteiger partial charge in [0.05, 0.1) is 5.69 Å². The van der Waals surface area contributed by atoms with Gasteiger partial charge in [-0.2, -0.15) is 0 Å². The number of aryl methyl sites for hydroxylation is 1. The second-order valence-electron chi connectivity index (χ2n) is 7.90. The molecule has 2 aromatic heterocycles. The van der Waals surface area contributed by atoms with Crippen molar-refractivity contribution in [3.05, 3.63) is 52.9 Å². The third-order valence-electron chi connectivity index (χ3n) is 5.84. The van der Waals surface area contributed by atoms with Crippen LogP contribution in [-0.4, -0.2) is 39.4 Å². The van der Waals surface area contributed by atoms with E-state index >= 15 is 0 Å². The Kier molecular flexibility index (Phi) is 5.91. The Bertz CT molecular complexity index is 1110.